The largest absolute Gasteiger partial charge is 0.350 e. The Labute approximate surface area is 204 Å². The van der Waals surface area contributed by atoms with Crippen molar-refractivity contribution in [2.75, 3.05) is 4.57 Å². The summed E-state index contributed by atoms with van der Waals surface area (Å²) in [6.07, 6.45) is 0. The average molecular weight is 466 g/mol. The number of rotatable bonds is 1. The summed E-state index contributed by atoms with van der Waals surface area (Å²) in [5, 5.41) is 0. The van der Waals surface area contributed by atoms with Gasteiger partial charge in [-0.25, -0.2) is 4.98 Å². The molecule has 1 aliphatic carbocycles. The van der Waals surface area contributed by atoms with E-state index in [0.717, 1.165) is 11.3 Å². The molecule has 0 fully saturated rings. The molecule has 174 valence electrons. The Hall–Kier alpha value is -2.85. The molecule has 0 amide bonds. The second-order valence-electron chi connectivity index (χ2n) is 12.2. The van der Waals surface area contributed by atoms with E-state index in [1.165, 1.54) is 33.6 Å². The minimum atomic E-state index is -2.21. The SMILES string of the molecule is CC1(C)c2cc3nc4n(c3cc2C(C)(C)C1(C)C)[Si](C)(C)N(c1ccccc1)c1ccccc1-4. The normalized spacial score (nSPS) is 20.6. The van der Waals surface area contributed by atoms with Gasteiger partial charge in [0.25, 0.3) is 8.40 Å². The van der Waals surface area contributed by atoms with Crippen molar-refractivity contribution in [2.45, 2.75) is 65.5 Å². The van der Waals surface area contributed by atoms with Gasteiger partial charge >= 0.3 is 0 Å². The van der Waals surface area contributed by atoms with Gasteiger partial charge < -0.3 is 8.80 Å². The zero-order chi connectivity index (χ0) is 24.3. The van der Waals surface area contributed by atoms with E-state index in [4.69, 9.17) is 4.98 Å². The van der Waals surface area contributed by atoms with E-state index in [1.54, 1.807) is 0 Å². The fourth-order valence-electron chi connectivity index (χ4n) is 6.63. The highest BCUT2D eigenvalue weighted by molar-refractivity contribution is 6.82. The van der Waals surface area contributed by atoms with Crippen LogP contribution in [0.1, 0.15) is 52.7 Å². The van der Waals surface area contributed by atoms with Gasteiger partial charge in [-0.2, -0.15) is 0 Å². The van der Waals surface area contributed by atoms with Crippen LogP contribution in [0.3, 0.4) is 0 Å². The lowest BCUT2D eigenvalue weighted by atomic mass is 9.59. The highest BCUT2D eigenvalue weighted by Gasteiger charge is 2.57. The van der Waals surface area contributed by atoms with Crippen LogP contribution in [0.4, 0.5) is 11.4 Å². The number of imidazole rings is 1. The molecule has 6 rings (SSSR count). The maximum absolute atomic E-state index is 5.33. The van der Waals surface area contributed by atoms with E-state index in [9.17, 15) is 0 Å². The third-order valence-corrected chi connectivity index (χ3v) is 12.9. The predicted octanol–water partition coefficient (Wildman–Crippen LogP) is 8.00. The summed E-state index contributed by atoms with van der Waals surface area (Å²) in [6.45, 7) is 19.4. The first-order valence-electron chi connectivity index (χ1n) is 12.4. The Morgan fingerprint density at radius 1 is 0.735 bits per heavy atom. The van der Waals surface area contributed by atoms with Crippen molar-refractivity contribution in [3.63, 3.8) is 0 Å². The number of fused-ring (bicyclic) bond motifs is 6. The number of benzene rings is 3. The number of nitrogens with zero attached hydrogens (tertiary/aromatic N) is 3. The molecule has 1 aliphatic heterocycles. The van der Waals surface area contributed by atoms with E-state index < -0.39 is 8.40 Å². The molecule has 4 aromatic rings. The fourth-order valence-corrected chi connectivity index (χ4v) is 9.85. The minimum Gasteiger partial charge on any atom is -0.350 e. The van der Waals surface area contributed by atoms with Gasteiger partial charge in [-0.15, -0.1) is 0 Å². The van der Waals surface area contributed by atoms with Crippen LogP contribution in [-0.4, -0.2) is 17.6 Å². The van der Waals surface area contributed by atoms with Gasteiger partial charge in [-0.1, -0.05) is 71.9 Å². The average Bonchev–Trinajstić information content (AvgIpc) is 3.22. The molecule has 0 unspecified atom stereocenters. The van der Waals surface area contributed by atoms with Crippen molar-refractivity contribution in [2.24, 2.45) is 5.41 Å². The van der Waals surface area contributed by atoms with Crippen molar-refractivity contribution >= 4 is 30.8 Å². The lowest BCUT2D eigenvalue weighted by molar-refractivity contribution is 0.125. The molecule has 0 saturated heterocycles. The molecule has 0 atom stereocenters. The maximum Gasteiger partial charge on any atom is 0.268 e. The second kappa shape index (κ2) is 6.42. The van der Waals surface area contributed by atoms with Gasteiger partial charge in [0.05, 0.1) is 11.0 Å². The topological polar surface area (TPSA) is 21.1 Å². The molecule has 0 saturated carbocycles. The van der Waals surface area contributed by atoms with Crippen molar-refractivity contribution in [3.8, 4) is 11.4 Å². The Morgan fingerprint density at radius 2 is 1.32 bits per heavy atom. The van der Waals surface area contributed by atoms with Crippen molar-refractivity contribution in [3.05, 3.63) is 77.9 Å². The molecule has 4 heteroatoms. The van der Waals surface area contributed by atoms with Crippen molar-refractivity contribution in [1.82, 2.24) is 9.22 Å². The summed E-state index contributed by atoms with van der Waals surface area (Å²) in [6, 6.07) is 24.5. The summed E-state index contributed by atoms with van der Waals surface area (Å²) in [4.78, 5) is 5.33. The molecule has 3 nitrogen and oxygen atoms in total. The first-order valence-corrected chi connectivity index (χ1v) is 15.3. The van der Waals surface area contributed by atoms with Crippen LogP contribution in [0.25, 0.3) is 22.4 Å². The number of hydrogen-bond acceptors (Lipinski definition) is 2. The monoisotopic (exact) mass is 465 g/mol. The Morgan fingerprint density at radius 3 is 2.00 bits per heavy atom. The van der Waals surface area contributed by atoms with Gasteiger partial charge in [0.15, 0.2) is 0 Å². The minimum absolute atomic E-state index is 0.0716. The molecule has 0 bridgehead atoms. The Kier molecular flexibility index (Phi) is 4.09. The molecule has 0 N–H and O–H groups in total. The van der Waals surface area contributed by atoms with E-state index in [2.05, 4.69) is 130 Å². The van der Waals surface area contributed by atoms with E-state index in [0.29, 0.717) is 0 Å². The number of hydrogen-bond donors (Lipinski definition) is 0. The highest BCUT2D eigenvalue weighted by Crippen LogP contribution is 2.62. The summed E-state index contributed by atoms with van der Waals surface area (Å²) in [5.74, 6) is 1.12. The van der Waals surface area contributed by atoms with Gasteiger partial charge in [0.2, 0.25) is 0 Å². The van der Waals surface area contributed by atoms with Crippen LogP contribution < -0.4 is 4.57 Å². The molecular weight excluding hydrogens is 430 g/mol. The predicted molar refractivity (Wildman–Crippen MR) is 146 cm³/mol. The van der Waals surface area contributed by atoms with Crippen LogP contribution in [-0.2, 0) is 10.8 Å². The lowest BCUT2D eigenvalue weighted by Crippen LogP contribution is -2.55. The summed E-state index contributed by atoms with van der Waals surface area (Å²) >= 11 is 0. The summed E-state index contributed by atoms with van der Waals surface area (Å²) in [5.41, 5.74) is 9.36. The highest BCUT2D eigenvalue weighted by atomic mass is 28.3. The van der Waals surface area contributed by atoms with Crippen LogP contribution in [0.2, 0.25) is 13.1 Å². The van der Waals surface area contributed by atoms with E-state index in [1.807, 2.05) is 0 Å². The van der Waals surface area contributed by atoms with Crippen molar-refractivity contribution < 1.29 is 0 Å². The van der Waals surface area contributed by atoms with Crippen LogP contribution >= 0.6 is 0 Å². The third-order valence-electron chi connectivity index (χ3n) is 9.76. The zero-order valence-electron chi connectivity index (χ0n) is 21.7. The first kappa shape index (κ1) is 21.7. The number of anilines is 2. The molecule has 0 radical (unpaired) electrons. The number of aromatic nitrogens is 2. The van der Waals surface area contributed by atoms with Gasteiger partial charge in [0, 0.05) is 16.9 Å². The van der Waals surface area contributed by atoms with E-state index in [-0.39, 0.29) is 16.2 Å². The molecule has 2 aliphatic rings. The zero-order valence-corrected chi connectivity index (χ0v) is 22.7. The number of para-hydroxylation sites is 2. The van der Waals surface area contributed by atoms with Crippen LogP contribution in [0.15, 0.2) is 66.7 Å². The molecule has 3 aromatic carbocycles. The standard InChI is InChI=1S/C30H35N3Si/c1-28(2)22-18-24-26(19-23(22)29(3,4)30(28,5)6)33-27(31-24)21-16-12-13-17-25(21)32(34(33,7)8)20-14-10-9-11-15-20/h9-19H,1-8H3. The quantitative estimate of drug-likeness (QED) is 0.266. The van der Waals surface area contributed by atoms with Gasteiger partial charge in [-0.05, 0) is 76.9 Å². The van der Waals surface area contributed by atoms with E-state index >= 15 is 0 Å². The molecule has 0 spiro atoms. The molecule has 1 aromatic heterocycles. The Balaban J connectivity index is 1.70. The van der Waals surface area contributed by atoms with Crippen LogP contribution in [0.5, 0.6) is 0 Å². The van der Waals surface area contributed by atoms with Gasteiger partial charge in [-0.3, -0.25) is 0 Å². The lowest BCUT2D eigenvalue weighted by Gasteiger charge is -2.45. The third kappa shape index (κ3) is 2.40. The summed E-state index contributed by atoms with van der Waals surface area (Å²) < 4.78 is 5.20. The Bertz CT molecular complexity index is 1460. The fraction of sp³-hybridized carbons (Fsp3) is 0.367. The van der Waals surface area contributed by atoms with Crippen LogP contribution in [0, 0.1) is 5.41 Å². The molecular formula is C30H35N3Si. The van der Waals surface area contributed by atoms with Gasteiger partial charge in [0.1, 0.15) is 5.82 Å². The smallest absolute Gasteiger partial charge is 0.268 e. The molecule has 2 heterocycles. The van der Waals surface area contributed by atoms with Crippen molar-refractivity contribution in [1.29, 1.82) is 0 Å². The molecule has 34 heavy (non-hydrogen) atoms. The maximum atomic E-state index is 5.33. The summed E-state index contributed by atoms with van der Waals surface area (Å²) in [7, 11) is -2.21. The second-order valence-corrected chi connectivity index (χ2v) is 16.1. The first-order chi connectivity index (χ1) is 15.9.